The van der Waals surface area contributed by atoms with Gasteiger partial charge in [0, 0.05) is 6.42 Å². The first-order chi connectivity index (χ1) is 9.96. The van der Waals surface area contributed by atoms with Crippen LogP contribution in [0.25, 0.3) is 0 Å². The van der Waals surface area contributed by atoms with Gasteiger partial charge in [0.2, 0.25) is 0 Å². The molecule has 1 atom stereocenters. The van der Waals surface area contributed by atoms with Crippen LogP contribution >= 0.6 is 22.9 Å². The van der Waals surface area contributed by atoms with E-state index in [2.05, 4.69) is 14.9 Å². The van der Waals surface area contributed by atoms with Gasteiger partial charge in [0.25, 0.3) is 0 Å². The van der Waals surface area contributed by atoms with Crippen molar-refractivity contribution >= 4 is 22.9 Å². The van der Waals surface area contributed by atoms with Crippen LogP contribution in [0.3, 0.4) is 0 Å². The van der Waals surface area contributed by atoms with Crippen LogP contribution < -0.4 is 0 Å². The minimum Gasteiger partial charge on any atom is -0.372 e. The van der Waals surface area contributed by atoms with Gasteiger partial charge >= 0.3 is 6.18 Å². The smallest absolute Gasteiger partial charge is 0.372 e. The molecule has 0 spiro atoms. The van der Waals surface area contributed by atoms with Crippen LogP contribution in [-0.4, -0.2) is 29.6 Å². The quantitative estimate of drug-likeness (QED) is 0.591. The lowest BCUT2D eigenvalue weighted by molar-refractivity contribution is -0.173. The molecule has 1 aromatic heterocycles. The monoisotopic (exact) mass is 336 g/mol. The van der Waals surface area contributed by atoms with E-state index in [1.165, 1.54) is 11.3 Å². The number of benzene rings is 1. The zero-order valence-corrected chi connectivity index (χ0v) is 12.4. The number of aromatic nitrogens is 2. The molecule has 1 heterocycles. The molecule has 2 rings (SSSR count). The predicted molar refractivity (Wildman–Crippen MR) is 74.6 cm³/mol. The molecule has 0 aliphatic heterocycles. The van der Waals surface area contributed by atoms with Crippen molar-refractivity contribution < 1.29 is 17.9 Å². The lowest BCUT2D eigenvalue weighted by atomic mass is 10.1. The maximum Gasteiger partial charge on any atom is 0.411 e. The largest absolute Gasteiger partial charge is 0.411 e. The van der Waals surface area contributed by atoms with Crippen LogP contribution in [0, 0.1) is 0 Å². The number of hydrogen-bond donors (Lipinski definition) is 0. The SMILES string of the molecule is FC(F)(F)COCCc1nnc(C(Cl)c2ccccc2)s1. The maximum atomic E-state index is 11.9. The normalized spacial score (nSPS) is 13.3. The fraction of sp³-hybridized carbons (Fsp3) is 0.385. The van der Waals surface area contributed by atoms with Crippen molar-refractivity contribution in [2.45, 2.75) is 18.0 Å². The van der Waals surface area contributed by atoms with Crippen molar-refractivity contribution in [3.8, 4) is 0 Å². The summed E-state index contributed by atoms with van der Waals surface area (Å²) in [5.41, 5.74) is 0.898. The van der Waals surface area contributed by atoms with Crippen LogP contribution in [0.4, 0.5) is 13.2 Å². The summed E-state index contributed by atoms with van der Waals surface area (Å²) in [6.45, 7) is -1.30. The van der Waals surface area contributed by atoms with Gasteiger partial charge in [-0.15, -0.1) is 21.8 Å². The highest BCUT2D eigenvalue weighted by Crippen LogP contribution is 2.30. The molecule has 0 aliphatic rings. The molecule has 0 fully saturated rings. The molecular formula is C13H12ClF3N2OS. The Kier molecular flexibility index (Phi) is 5.55. The second kappa shape index (κ2) is 7.20. The van der Waals surface area contributed by atoms with Crippen molar-refractivity contribution in [3.63, 3.8) is 0 Å². The first-order valence-corrected chi connectivity index (χ1v) is 7.37. The molecule has 0 amide bonds. The molecule has 0 N–H and O–H groups in total. The molecule has 0 saturated heterocycles. The Labute approximate surface area is 128 Å². The van der Waals surface area contributed by atoms with Crippen LogP contribution in [0.1, 0.15) is 21.0 Å². The van der Waals surface area contributed by atoms with Gasteiger partial charge in [0.15, 0.2) is 0 Å². The molecule has 0 saturated carbocycles. The van der Waals surface area contributed by atoms with Gasteiger partial charge in [0.1, 0.15) is 22.0 Å². The number of ether oxygens (including phenoxy) is 1. The third kappa shape index (κ3) is 5.26. The van der Waals surface area contributed by atoms with E-state index in [1.54, 1.807) is 0 Å². The summed E-state index contributed by atoms with van der Waals surface area (Å²) in [6, 6.07) is 9.39. The van der Waals surface area contributed by atoms with Crippen LogP contribution in [0.2, 0.25) is 0 Å². The Morgan fingerprint density at radius 3 is 2.57 bits per heavy atom. The molecular weight excluding hydrogens is 325 g/mol. The van der Waals surface area contributed by atoms with E-state index < -0.39 is 18.2 Å². The van der Waals surface area contributed by atoms with Gasteiger partial charge < -0.3 is 4.74 Å². The van der Waals surface area contributed by atoms with Gasteiger partial charge in [-0.2, -0.15) is 13.2 Å². The molecule has 1 aromatic carbocycles. The fourth-order valence-electron chi connectivity index (χ4n) is 1.58. The van der Waals surface area contributed by atoms with E-state index in [0.29, 0.717) is 10.0 Å². The summed E-state index contributed by atoms with van der Waals surface area (Å²) < 4.78 is 40.3. The third-order valence-electron chi connectivity index (χ3n) is 2.52. The highest BCUT2D eigenvalue weighted by molar-refractivity contribution is 7.11. The second-order valence-corrected chi connectivity index (χ2v) is 5.76. The van der Waals surface area contributed by atoms with Gasteiger partial charge in [0.05, 0.1) is 6.61 Å². The second-order valence-electron chi connectivity index (χ2n) is 4.23. The summed E-state index contributed by atoms with van der Waals surface area (Å²) in [7, 11) is 0. The summed E-state index contributed by atoms with van der Waals surface area (Å²) in [6.07, 6.45) is -4.02. The minimum absolute atomic E-state index is 0.0492. The topological polar surface area (TPSA) is 35.0 Å². The van der Waals surface area contributed by atoms with E-state index in [4.69, 9.17) is 11.6 Å². The Hall–Kier alpha value is -1.18. The van der Waals surface area contributed by atoms with Crippen molar-refractivity contribution in [2.75, 3.05) is 13.2 Å². The van der Waals surface area contributed by atoms with Crippen LogP contribution in [0.5, 0.6) is 0 Å². The molecule has 0 radical (unpaired) electrons. The fourth-order valence-corrected chi connectivity index (χ4v) is 2.73. The molecule has 21 heavy (non-hydrogen) atoms. The standard InChI is InChI=1S/C13H12ClF3N2OS/c14-11(9-4-2-1-3-5-9)12-19-18-10(21-12)6-7-20-8-13(15,16)17/h1-5,11H,6-8H2. The highest BCUT2D eigenvalue weighted by Gasteiger charge is 2.27. The van der Waals surface area contributed by atoms with E-state index in [9.17, 15) is 13.2 Å². The number of halogens is 4. The average Bonchev–Trinajstić information content (AvgIpc) is 2.91. The average molecular weight is 337 g/mol. The van der Waals surface area contributed by atoms with Crippen LogP contribution in [-0.2, 0) is 11.2 Å². The van der Waals surface area contributed by atoms with E-state index >= 15 is 0 Å². The molecule has 1 unspecified atom stereocenters. The van der Waals surface area contributed by atoms with Gasteiger partial charge in [-0.3, -0.25) is 0 Å². The molecule has 114 valence electrons. The molecule has 0 aliphatic carbocycles. The predicted octanol–water partition coefficient (Wildman–Crippen LogP) is 3.99. The summed E-state index contributed by atoms with van der Waals surface area (Å²) in [5.74, 6) is 0. The number of nitrogens with zero attached hydrogens (tertiary/aromatic N) is 2. The zero-order valence-electron chi connectivity index (χ0n) is 10.8. The first kappa shape index (κ1) is 16.2. The Morgan fingerprint density at radius 2 is 1.90 bits per heavy atom. The van der Waals surface area contributed by atoms with E-state index in [1.807, 2.05) is 30.3 Å². The number of rotatable bonds is 6. The molecule has 0 bridgehead atoms. The van der Waals surface area contributed by atoms with E-state index in [-0.39, 0.29) is 13.0 Å². The Bertz CT molecular complexity index is 562. The lowest BCUT2D eigenvalue weighted by Crippen LogP contribution is -2.17. The van der Waals surface area contributed by atoms with Crippen molar-refractivity contribution in [2.24, 2.45) is 0 Å². The summed E-state index contributed by atoms with van der Waals surface area (Å²) >= 11 is 7.57. The summed E-state index contributed by atoms with van der Waals surface area (Å²) in [5, 5.41) is 8.71. The number of hydrogen-bond acceptors (Lipinski definition) is 4. The molecule has 8 heteroatoms. The zero-order chi connectivity index (χ0) is 15.3. The van der Waals surface area contributed by atoms with E-state index in [0.717, 1.165) is 5.56 Å². The van der Waals surface area contributed by atoms with Gasteiger partial charge in [-0.1, -0.05) is 41.7 Å². The minimum atomic E-state index is -4.30. The van der Waals surface area contributed by atoms with Crippen molar-refractivity contribution in [1.82, 2.24) is 10.2 Å². The van der Waals surface area contributed by atoms with Crippen molar-refractivity contribution in [1.29, 1.82) is 0 Å². The third-order valence-corrected chi connectivity index (χ3v) is 4.15. The van der Waals surface area contributed by atoms with Crippen LogP contribution in [0.15, 0.2) is 30.3 Å². The Morgan fingerprint density at radius 1 is 1.19 bits per heavy atom. The molecule has 3 nitrogen and oxygen atoms in total. The molecule has 2 aromatic rings. The Balaban J connectivity index is 1.87. The summed E-state index contributed by atoms with van der Waals surface area (Å²) in [4.78, 5) is 0. The van der Waals surface area contributed by atoms with Gasteiger partial charge in [-0.05, 0) is 5.56 Å². The highest BCUT2D eigenvalue weighted by atomic mass is 35.5. The lowest BCUT2D eigenvalue weighted by Gasteiger charge is -2.06. The van der Waals surface area contributed by atoms with Gasteiger partial charge in [-0.25, -0.2) is 0 Å². The first-order valence-electron chi connectivity index (χ1n) is 6.11. The van der Waals surface area contributed by atoms with Crippen molar-refractivity contribution in [3.05, 3.63) is 45.9 Å². The number of alkyl halides is 4. The maximum absolute atomic E-state index is 11.9.